The van der Waals surface area contributed by atoms with Crippen molar-refractivity contribution in [2.75, 3.05) is 11.1 Å². The third-order valence-electron chi connectivity index (χ3n) is 2.19. The number of carbonyl (C=O) groups is 1. The van der Waals surface area contributed by atoms with Crippen LogP contribution < -0.4 is 5.32 Å². The van der Waals surface area contributed by atoms with E-state index in [2.05, 4.69) is 11.4 Å². The molecule has 0 aliphatic carbocycles. The molecular weight excluding hydrogens is 286 g/mol. The molecule has 2 rings (SSSR count). The van der Waals surface area contributed by atoms with Crippen molar-refractivity contribution in [2.45, 2.75) is 5.75 Å². The Kier molecular flexibility index (Phi) is 5.11. The highest BCUT2D eigenvalue weighted by Gasteiger charge is 2.03. The van der Waals surface area contributed by atoms with E-state index in [9.17, 15) is 4.79 Å². The number of hydrogen-bond donors (Lipinski definition) is 1. The van der Waals surface area contributed by atoms with E-state index < -0.39 is 0 Å². The minimum absolute atomic E-state index is 0.0129. The zero-order chi connectivity index (χ0) is 12.8. The van der Waals surface area contributed by atoms with E-state index >= 15 is 0 Å². The average molecular weight is 298 g/mol. The first kappa shape index (κ1) is 13.5. The van der Waals surface area contributed by atoms with E-state index in [0.717, 1.165) is 11.4 Å². The lowest BCUT2D eigenvalue weighted by Crippen LogP contribution is -2.13. The molecular formula is C13H12ClNOS2. The number of amides is 1. The molecule has 5 heteroatoms. The Morgan fingerprint density at radius 1 is 1.28 bits per heavy atom. The summed E-state index contributed by atoms with van der Waals surface area (Å²) < 4.78 is 0. The molecule has 0 saturated heterocycles. The summed E-state index contributed by atoms with van der Waals surface area (Å²) in [6, 6.07) is 11.2. The first-order valence-electron chi connectivity index (χ1n) is 5.39. The Bertz CT molecular complexity index is 496. The number of benzene rings is 1. The Morgan fingerprint density at radius 3 is 2.72 bits per heavy atom. The van der Waals surface area contributed by atoms with E-state index in [1.54, 1.807) is 47.4 Å². The van der Waals surface area contributed by atoms with Gasteiger partial charge in [-0.25, -0.2) is 0 Å². The maximum Gasteiger partial charge on any atom is 0.234 e. The van der Waals surface area contributed by atoms with Gasteiger partial charge in [-0.05, 0) is 35.7 Å². The first-order chi connectivity index (χ1) is 8.74. The quantitative estimate of drug-likeness (QED) is 0.893. The highest BCUT2D eigenvalue weighted by molar-refractivity contribution is 7.99. The second-order valence-electron chi connectivity index (χ2n) is 3.63. The standard InChI is InChI=1S/C13H12ClNOS2/c14-10-3-5-11(6-4-10)15-13(16)9-17-8-12-2-1-7-18-12/h1-7H,8-9H2,(H,15,16). The number of halogens is 1. The van der Waals surface area contributed by atoms with Gasteiger partial charge in [0.1, 0.15) is 0 Å². The maximum atomic E-state index is 11.7. The van der Waals surface area contributed by atoms with Crippen molar-refractivity contribution in [2.24, 2.45) is 0 Å². The molecule has 1 heterocycles. The van der Waals surface area contributed by atoms with Crippen LogP contribution in [0.5, 0.6) is 0 Å². The molecule has 0 atom stereocenters. The SMILES string of the molecule is O=C(CSCc1cccs1)Nc1ccc(Cl)cc1. The Morgan fingerprint density at radius 2 is 2.06 bits per heavy atom. The van der Waals surface area contributed by atoms with E-state index in [1.165, 1.54) is 4.88 Å². The highest BCUT2D eigenvalue weighted by atomic mass is 35.5. The van der Waals surface area contributed by atoms with Crippen molar-refractivity contribution in [3.8, 4) is 0 Å². The summed E-state index contributed by atoms with van der Waals surface area (Å²) in [6.07, 6.45) is 0. The number of anilines is 1. The number of thioether (sulfide) groups is 1. The molecule has 0 radical (unpaired) electrons. The molecule has 94 valence electrons. The van der Waals surface area contributed by atoms with Gasteiger partial charge in [0, 0.05) is 21.3 Å². The highest BCUT2D eigenvalue weighted by Crippen LogP contribution is 2.18. The van der Waals surface area contributed by atoms with Gasteiger partial charge in [0.15, 0.2) is 0 Å². The molecule has 0 fully saturated rings. The molecule has 1 aromatic heterocycles. The second kappa shape index (κ2) is 6.83. The molecule has 1 amide bonds. The molecule has 0 unspecified atom stereocenters. The summed E-state index contributed by atoms with van der Waals surface area (Å²) in [6.45, 7) is 0. The summed E-state index contributed by atoms with van der Waals surface area (Å²) in [5.41, 5.74) is 0.779. The number of hydrogen-bond acceptors (Lipinski definition) is 3. The van der Waals surface area contributed by atoms with Crippen LogP contribution in [0, 0.1) is 0 Å². The van der Waals surface area contributed by atoms with Crippen LogP contribution >= 0.6 is 34.7 Å². The van der Waals surface area contributed by atoms with Gasteiger partial charge in [0.05, 0.1) is 5.75 Å². The molecule has 2 aromatic rings. The molecule has 2 nitrogen and oxygen atoms in total. The molecule has 0 bridgehead atoms. The minimum atomic E-state index is 0.0129. The van der Waals surface area contributed by atoms with Gasteiger partial charge in [0.25, 0.3) is 0 Å². The van der Waals surface area contributed by atoms with Crippen LogP contribution in [0.2, 0.25) is 5.02 Å². The predicted molar refractivity (Wildman–Crippen MR) is 80.6 cm³/mol. The average Bonchev–Trinajstić information content (AvgIpc) is 2.85. The van der Waals surface area contributed by atoms with Crippen LogP contribution in [0.15, 0.2) is 41.8 Å². The number of rotatable bonds is 5. The summed E-state index contributed by atoms with van der Waals surface area (Å²) >= 11 is 9.10. The largest absolute Gasteiger partial charge is 0.325 e. The predicted octanol–water partition coefficient (Wildman–Crippen LogP) is 4.27. The Balaban J connectivity index is 1.73. The Hall–Kier alpha value is -0.970. The number of carbonyl (C=O) groups excluding carboxylic acids is 1. The normalized spacial score (nSPS) is 10.3. The second-order valence-corrected chi connectivity index (χ2v) is 6.08. The molecule has 0 saturated carbocycles. The monoisotopic (exact) mass is 297 g/mol. The van der Waals surface area contributed by atoms with Gasteiger partial charge < -0.3 is 5.32 Å². The van der Waals surface area contributed by atoms with Crippen LogP contribution in [0.3, 0.4) is 0 Å². The zero-order valence-corrected chi connectivity index (χ0v) is 11.9. The van der Waals surface area contributed by atoms with Gasteiger partial charge in [-0.15, -0.1) is 23.1 Å². The summed E-state index contributed by atoms with van der Waals surface area (Å²) in [7, 11) is 0. The maximum absolute atomic E-state index is 11.7. The summed E-state index contributed by atoms with van der Waals surface area (Å²) in [5.74, 6) is 1.35. The van der Waals surface area contributed by atoms with Crippen molar-refractivity contribution in [1.82, 2.24) is 0 Å². The lowest BCUT2D eigenvalue weighted by atomic mass is 10.3. The summed E-state index contributed by atoms with van der Waals surface area (Å²) in [4.78, 5) is 13.0. The van der Waals surface area contributed by atoms with E-state index in [1.807, 2.05) is 11.4 Å². The van der Waals surface area contributed by atoms with Crippen LogP contribution in [-0.4, -0.2) is 11.7 Å². The molecule has 0 spiro atoms. The molecule has 1 N–H and O–H groups in total. The van der Waals surface area contributed by atoms with Crippen LogP contribution in [-0.2, 0) is 10.5 Å². The van der Waals surface area contributed by atoms with Crippen molar-refractivity contribution in [1.29, 1.82) is 0 Å². The molecule has 0 aliphatic heterocycles. The van der Waals surface area contributed by atoms with Gasteiger partial charge >= 0.3 is 0 Å². The van der Waals surface area contributed by atoms with E-state index in [-0.39, 0.29) is 5.91 Å². The lowest BCUT2D eigenvalue weighted by molar-refractivity contribution is -0.113. The van der Waals surface area contributed by atoms with Gasteiger partial charge in [-0.1, -0.05) is 17.7 Å². The van der Waals surface area contributed by atoms with Crippen molar-refractivity contribution in [3.05, 3.63) is 51.7 Å². The lowest BCUT2D eigenvalue weighted by Gasteiger charge is -2.04. The third-order valence-corrected chi connectivity index (χ3v) is 4.48. The number of thiophene rings is 1. The van der Waals surface area contributed by atoms with Crippen LogP contribution in [0.25, 0.3) is 0 Å². The fourth-order valence-electron chi connectivity index (χ4n) is 1.37. The number of nitrogens with one attached hydrogen (secondary N) is 1. The molecule has 1 aromatic carbocycles. The summed E-state index contributed by atoms with van der Waals surface area (Å²) in [5, 5.41) is 5.55. The van der Waals surface area contributed by atoms with Crippen LogP contribution in [0.4, 0.5) is 5.69 Å². The molecule has 18 heavy (non-hydrogen) atoms. The zero-order valence-electron chi connectivity index (χ0n) is 9.56. The van der Waals surface area contributed by atoms with Gasteiger partial charge in [-0.2, -0.15) is 0 Å². The van der Waals surface area contributed by atoms with E-state index in [0.29, 0.717) is 10.8 Å². The van der Waals surface area contributed by atoms with E-state index in [4.69, 9.17) is 11.6 Å². The molecule has 0 aliphatic rings. The topological polar surface area (TPSA) is 29.1 Å². The van der Waals surface area contributed by atoms with Gasteiger partial charge in [-0.3, -0.25) is 4.79 Å². The fourth-order valence-corrected chi connectivity index (χ4v) is 3.16. The van der Waals surface area contributed by atoms with Gasteiger partial charge in [0.2, 0.25) is 5.91 Å². The smallest absolute Gasteiger partial charge is 0.234 e. The fraction of sp³-hybridized carbons (Fsp3) is 0.154. The van der Waals surface area contributed by atoms with Crippen LogP contribution in [0.1, 0.15) is 4.88 Å². The van der Waals surface area contributed by atoms with Crippen molar-refractivity contribution < 1.29 is 4.79 Å². The third kappa shape index (κ3) is 4.37. The minimum Gasteiger partial charge on any atom is -0.325 e. The van der Waals surface area contributed by atoms with Crippen molar-refractivity contribution >= 4 is 46.3 Å². The van der Waals surface area contributed by atoms with Crippen molar-refractivity contribution in [3.63, 3.8) is 0 Å². The Labute approximate surface area is 119 Å². The first-order valence-corrected chi connectivity index (χ1v) is 7.81.